The van der Waals surface area contributed by atoms with Crippen LogP contribution in [-0.4, -0.2) is 37.9 Å². The number of carbonyl (C=O) groups excluding carboxylic acids is 2. The molecule has 0 radical (unpaired) electrons. The summed E-state index contributed by atoms with van der Waals surface area (Å²) in [5, 5.41) is 0. The van der Waals surface area contributed by atoms with E-state index < -0.39 is 6.10 Å². The van der Waals surface area contributed by atoms with Gasteiger partial charge in [-0.3, -0.25) is 9.59 Å². The van der Waals surface area contributed by atoms with E-state index in [0.29, 0.717) is 19.4 Å². The Kier molecular flexibility index (Phi) is 61.8. The van der Waals surface area contributed by atoms with Crippen LogP contribution in [0.15, 0.2) is 85.1 Å². The predicted octanol–water partition coefficient (Wildman–Crippen LogP) is 22.4. The molecular weight excluding hydrogens is 909 g/mol. The van der Waals surface area contributed by atoms with Crippen molar-refractivity contribution in [1.82, 2.24) is 0 Å². The van der Waals surface area contributed by atoms with E-state index >= 15 is 0 Å². The molecule has 0 saturated carbocycles. The summed E-state index contributed by atoms with van der Waals surface area (Å²) in [6, 6.07) is 0. The van der Waals surface area contributed by atoms with E-state index in [1.807, 2.05) is 0 Å². The number of carbonyl (C=O) groups is 2. The summed E-state index contributed by atoms with van der Waals surface area (Å²) in [6.07, 6.45) is 86.2. The Bertz CT molecular complexity index is 1350. The molecule has 0 spiro atoms. The van der Waals surface area contributed by atoms with Gasteiger partial charge < -0.3 is 14.2 Å². The smallest absolute Gasteiger partial charge is 0.306 e. The first-order valence-electron chi connectivity index (χ1n) is 32.1. The van der Waals surface area contributed by atoms with Crippen LogP contribution in [0.25, 0.3) is 0 Å². The molecule has 74 heavy (non-hydrogen) atoms. The van der Waals surface area contributed by atoms with Crippen LogP contribution in [0.2, 0.25) is 0 Å². The first kappa shape index (κ1) is 71.1. The van der Waals surface area contributed by atoms with Crippen LogP contribution in [0.5, 0.6) is 0 Å². The van der Waals surface area contributed by atoms with Crippen LogP contribution in [0.1, 0.15) is 316 Å². The molecule has 0 saturated heterocycles. The van der Waals surface area contributed by atoms with Crippen LogP contribution >= 0.6 is 0 Å². The Hall–Kier alpha value is -2.92. The predicted molar refractivity (Wildman–Crippen MR) is 325 cm³/mol. The molecule has 428 valence electrons. The zero-order valence-corrected chi connectivity index (χ0v) is 49.3. The zero-order chi connectivity index (χ0) is 53.4. The maximum absolute atomic E-state index is 12.9. The maximum Gasteiger partial charge on any atom is 0.306 e. The average molecular weight is 1030 g/mol. The standard InChI is InChI=1S/C69H122O5/c1-4-7-10-13-16-19-22-25-28-31-34-37-40-43-46-49-52-55-58-61-64-72-65-67(74-69(71)63-60-57-54-51-48-45-42-39-36-33-30-27-24-21-18-15-12-9-6-3)66-73-68(70)62-59-56-53-50-47-44-41-38-35-32-29-26-23-20-17-14-11-8-5-2/h7,10,16-17,19-20,25-26,28-29,34,37,43,46,67H,4-6,8-9,11-15,18,21-24,27,30-33,35-36,38-42,44-45,47-66H2,1-3H3/b10-7-,19-16-,20-17-,28-25-,29-26-,37-34-,46-43-. The van der Waals surface area contributed by atoms with Gasteiger partial charge >= 0.3 is 11.9 Å². The molecule has 0 rings (SSSR count). The first-order valence-corrected chi connectivity index (χ1v) is 32.1. The molecule has 0 aliphatic rings. The number of esters is 2. The van der Waals surface area contributed by atoms with Crippen LogP contribution in [0.3, 0.4) is 0 Å². The highest BCUT2D eigenvalue weighted by molar-refractivity contribution is 5.70. The molecule has 5 heteroatoms. The lowest BCUT2D eigenvalue weighted by Gasteiger charge is -2.18. The monoisotopic (exact) mass is 1030 g/mol. The van der Waals surface area contributed by atoms with Crippen molar-refractivity contribution in [2.24, 2.45) is 0 Å². The van der Waals surface area contributed by atoms with E-state index in [1.54, 1.807) is 0 Å². The molecule has 0 N–H and O–H groups in total. The normalized spacial score (nSPS) is 12.7. The van der Waals surface area contributed by atoms with Crippen molar-refractivity contribution in [2.75, 3.05) is 19.8 Å². The van der Waals surface area contributed by atoms with Crippen LogP contribution < -0.4 is 0 Å². The van der Waals surface area contributed by atoms with Crippen molar-refractivity contribution in [3.8, 4) is 0 Å². The van der Waals surface area contributed by atoms with Crippen LogP contribution in [0, 0.1) is 0 Å². The summed E-state index contributed by atoms with van der Waals surface area (Å²) < 4.78 is 17.5. The second kappa shape index (κ2) is 64.4. The van der Waals surface area contributed by atoms with Crippen molar-refractivity contribution < 1.29 is 23.8 Å². The summed E-state index contributed by atoms with van der Waals surface area (Å²) in [7, 11) is 0. The molecule has 0 aliphatic heterocycles. The van der Waals surface area contributed by atoms with Gasteiger partial charge in [0.25, 0.3) is 0 Å². The summed E-state index contributed by atoms with van der Waals surface area (Å²) in [6.45, 7) is 7.68. The minimum Gasteiger partial charge on any atom is -0.462 e. The fourth-order valence-electron chi connectivity index (χ4n) is 9.16. The van der Waals surface area contributed by atoms with Gasteiger partial charge in [0, 0.05) is 19.4 Å². The molecule has 1 unspecified atom stereocenters. The summed E-state index contributed by atoms with van der Waals surface area (Å²) >= 11 is 0. The Labute approximate surface area is 460 Å². The van der Waals surface area contributed by atoms with Gasteiger partial charge in [-0.05, 0) is 96.3 Å². The molecule has 0 aromatic carbocycles. The van der Waals surface area contributed by atoms with Crippen molar-refractivity contribution in [1.29, 1.82) is 0 Å². The highest BCUT2D eigenvalue weighted by Crippen LogP contribution is 2.17. The third kappa shape index (κ3) is 61.6. The molecule has 0 bridgehead atoms. The van der Waals surface area contributed by atoms with Crippen molar-refractivity contribution in [2.45, 2.75) is 322 Å². The lowest BCUT2D eigenvalue weighted by molar-refractivity contribution is -0.163. The van der Waals surface area contributed by atoms with Crippen molar-refractivity contribution >= 4 is 11.9 Å². The second-order valence-electron chi connectivity index (χ2n) is 21.3. The van der Waals surface area contributed by atoms with Gasteiger partial charge in [0.2, 0.25) is 0 Å². The highest BCUT2D eigenvalue weighted by atomic mass is 16.6. The average Bonchev–Trinajstić information content (AvgIpc) is 3.40. The number of unbranched alkanes of at least 4 members (excludes halogenated alkanes) is 34. The van der Waals surface area contributed by atoms with Gasteiger partial charge in [-0.15, -0.1) is 0 Å². The molecule has 0 aliphatic carbocycles. The topological polar surface area (TPSA) is 61.8 Å². The fourth-order valence-corrected chi connectivity index (χ4v) is 9.16. The number of hydrogen-bond donors (Lipinski definition) is 0. The lowest BCUT2D eigenvalue weighted by atomic mass is 10.0. The van der Waals surface area contributed by atoms with Crippen molar-refractivity contribution in [3.63, 3.8) is 0 Å². The Morgan fingerprint density at radius 3 is 1.00 bits per heavy atom. The zero-order valence-electron chi connectivity index (χ0n) is 49.3. The van der Waals surface area contributed by atoms with Gasteiger partial charge in [0.1, 0.15) is 6.61 Å². The van der Waals surface area contributed by atoms with E-state index in [2.05, 4.69) is 106 Å². The second-order valence-corrected chi connectivity index (χ2v) is 21.3. The highest BCUT2D eigenvalue weighted by Gasteiger charge is 2.17. The minimum atomic E-state index is -0.555. The minimum absolute atomic E-state index is 0.0724. The fraction of sp³-hybridized carbons (Fsp3) is 0.768. The Morgan fingerprint density at radius 1 is 0.311 bits per heavy atom. The molecule has 1 atom stereocenters. The van der Waals surface area contributed by atoms with Gasteiger partial charge in [-0.1, -0.05) is 292 Å². The third-order valence-electron chi connectivity index (χ3n) is 13.9. The quantitative estimate of drug-likeness (QED) is 0.0345. The molecule has 0 heterocycles. The summed E-state index contributed by atoms with van der Waals surface area (Å²) in [5.41, 5.74) is 0. The van der Waals surface area contributed by atoms with Gasteiger partial charge in [-0.2, -0.15) is 0 Å². The van der Waals surface area contributed by atoms with E-state index in [-0.39, 0.29) is 25.2 Å². The lowest BCUT2D eigenvalue weighted by Crippen LogP contribution is -2.30. The number of rotatable bonds is 59. The molecule has 0 amide bonds. The van der Waals surface area contributed by atoms with E-state index in [0.717, 1.165) is 83.5 Å². The summed E-state index contributed by atoms with van der Waals surface area (Å²) in [5.74, 6) is -0.403. The number of ether oxygens (including phenoxy) is 3. The molecule has 0 aromatic rings. The van der Waals surface area contributed by atoms with Gasteiger partial charge in [0.05, 0.1) is 6.61 Å². The third-order valence-corrected chi connectivity index (χ3v) is 13.9. The van der Waals surface area contributed by atoms with E-state index in [1.165, 1.54) is 199 Å². The van der Waals surface area contributed by atoms with Gasteiger partial charge in [0.15, 0.2) is 6.10 Å². The van der Waals surface area contributed by atoms with E-state index in [9.17, 15) is 9.59 Å². The molecule has 0 fully saturated rings. The van der Waals surface area contributed by atoms with Crippen LogP contribution in [-0.2, 0) is 23.8 Å². The van der Waals surface area contributed by atoms with Gasteiger partial charge in [-0.25, -0.2) is 0 Å². The number of allylic oxidation sites excluding steroid dienone is 14. The molecule has 5 nitrogen and oxygen atoms in total. The SMILES string of the molecule is CC/C=C\C/C=C\C/C=C\C/C=C\C/C=C\CCCCCCOCC(COC(=O)CCCCCCCCCCC/C=C\C/C=C\CCCCC)OC(=O)CCCCCCCCCCCCCCCCCCCCC. The summed E-state index contributed by atoms with van der Waals surface area (Å²) in [4.78, 5) is 25.6. The largest absolute Gasteiger partial charge is 0.462 e. The number of hydrogen-bond acceptors (Lipinski definition) is 5. The Morgan fingerprint density at radius 2 is 0.608 bits per heavy atom. The van der Waals surface area contributed by atoms with Crippen molar-refractivity contribution in [3.05, 3.63) is 85.1 Å². The first-order chi connectivity index (χ1) is 36.6. The molecule has 0 aromatic heterocycles. The molecular formula is C69H122O5. The van der Waals surface area contributed by atoms with Crippen LogP contribution in [0.4, 0.5) is 0 Å². The maximum atomic E-state index is 12.9. The Balaban J connectivity index is 4.32. The van der Waals surface area contributed by atoms with E-state index in [4.69, 9.17) is 14.2 Å².